The summed E-state index contributed by atoms with van der Waals surface area (Å²) in [4.78, 5) is 10.3. The molecule has 1 atom stereocenters. The number of hydrogen-bond donors (Lipinski definition) is 0. The van der Waals surface area contributed by atoms with E-state index in [4.69, 9.17) is 0 Å². The van der Waals surface area contributed by atoms with Gasteiger partial charge in [0.2, 0.25) is 0 Å². The average Bonchev–Trinajstić information content (AvgIpc) is 2.73. The zero-order valence-electron chi connectivity index (χ0n) is 15.9. The van der Waals surface area contributed by atoms with Gasteiger partial charge in [-0.15, -0.1) is 4.91 Å². The van der Waals surface area contributed by atoms with E-state index in [0.717, 1.165) is 36.5 Å². The Bertz CT molecular complexity index is 783. The molecule has 2 aromatic rings. The molecule has 0 N–H and O–H groups in total. The van der Waals surface area contributed by atoms with Crippen LogP contribution in [0.5, 0.6) is 0 Å². The maximum atomic E-state index is 11.2. The van der Waals surface area contributed by atoms with E-state index < -0.39 is 10.0 Å². The van der Waals surface area contributed by atoms with Crippen molar-refractivity contribution in [2.45, 2.75) is 42.4 Å². The second-order valence-electron chi connectivity index (χ2n) is 6.60. The normalized spacial score (nSPS) is 12.6. The lowest BCUT2D eigenvalue weighted by atomic mass is 10.1. The molecule has 0 aliphatic carbocycles. The van der Waals surface area contributed by atoms with Crippen LogP contribution in [0.1, 0.15) is 36.8 Å². The average molecular weight is 438 g/mol. The molecular formula is C21H27NO3S3. The van der Waals surface area contributed by atoms with E-state index in [2.05, 4.69) is 53.1 Å². The molecule has 0 bridgehead atoms. The van der Waals surface area contributed by atoms with E-state index in [1.54, 1.807) is 0 Å². The molecule has 152 valence electrons. The zero-order chi connectivity index (χ0) is 20.1. The van der Waals surface area contributed by atoms with Crippen LogP contribution in [0.2, 0.25) is 0 Å². The number of hydrogen-bond acceptors (Lipinski definition) is 5. The molecular weight excluding hydrogens is 410 g/mol. The van der Waals surface area contributed by atoms with Crippen LogP contribution >= 0.6 is 23.5 Å². The van der Waals surface area contributed by atoms with Gasteiger partial charge in [0, 0.05) is 16.8 Å². The fourth-order valence-electron chi connectivity index (χ4n) is 2.77. The summed E-state index contributed by atoms with van der Waals surface area (Å²) in [5, 5.41) is 0.482. The SMILES string of the molecule is O=NS(=O)(=O)CCCCC(CCSCc1ccccc1)SCc1ccccc1. The van der Waals surface area contributed by atoms with Crippen LogP contribution in [-0.4, -0.2) is 25.2 Å². The van der Waals surface area contributed by atoms with Crippen molar-refractivity contribution in [3.8, 4) is 0 Å². The molecule has 2 aromatic carbocycles. The maximum absolute atomic E-state index is 11.2. The molecule has 0 amide bonds. The Morgan fingerprint density at radius 2 is 1.43 bits per heavy atom. The fourth-order valence-corrected chi connectivity index (χ4v) is 5.83. The maximum Gasteiger partial charge on any atom is 0.288 e. The molecule has 1 unspecified atom stereocenters. The predicted molar refractivity (Wildman–Crippen MR) is 122 cm³/mol. The van der Waals surface area contributed by atoms with Crippen LogP contribution < -0.4 is 0 Å². The minimum Gasteiger partial charge on any atom is -0.202 e. The number of benzene rings is 2. The van der Waals surface area contributed by atoms with Gasteiger partial charge in [-0.3, -0.25) is 0 Å². The van der Waals surface area contributed by atoms with E-state index in [9.17, 15) is 13.3 Å². The van der Waals surface area contributed by atoms with Gasteiger partial charge < -0.3 is 0 Å². The minimum absolute atomic E-state index is 0.144. The highest BCUT2D eigenvalue weighted by Crippen LogP contribution is 2.27. The van der Waals surface area contributed by atoms with E-state index in [0.29, 0.717) is 11.7 Å². The largest absolute Gasteiger partial charge is 0.288 e. The van der Waals surface area contributed by atoms with Crippen molar-refractivity contribution < 1.29 is 8.42 Å². The van der Waals surface area contributed by atoms with Gasteiger partial charge in [-0.2, -0.15) is 23.5 Å². The van der Waals surface area contributed by atoms with Gasteiger partial charge in [-0.1, -0.05) is 67.1 Å². The van der Waals surface area contributed by atoms with Crippen LogP contribution in [0.15, 0.2) is 65.2 Å². The molecule has 0 aliphatic rings. The molecule has 4 nitrogen and oxygen atoms in total. The predicted octanol–water partition coefficient (Wildman–Crippen LogP) is 5.88. The summed E-state index contributed by atoms with van der Waals surface area (Å²) in [7, 11) is -3.77. The Morgan fingerprint density at radius 1 is 0.821 bits per heavy atom. The molecule has 0 radical (unpaired) electrons. The first kappa shape index (κ1) is 23.0. The summed E-state index contributed by atoms with van der Waals surface area (Å²) >= 11 is 3.87. The summed E-state index contributed by atoms with van der Waals surface area (Å²) < 4.78 is 24.6. The third-order valence-corrected chi connectivity index (χ3v) is 7.85. The Labute approximate surface area is 176 Å². The Morgan fingerprint density at radius 3 is 2.04 bits per heavy atom. The summed E-state index contributed by atoms with van der Waals surface area (Å²) in [5.74, 6) is 2.91. The third kappa shape index (κ3) is 9.75. The zero-order valence-corrected chi connectivity index (χ0v) is 18.4. The molecule has 0 aromatic heterocycles. The Hall–Kier alpha value is -1.31. The second kappa shape index (κ2) is 13.0. The standard InChI is InChI=1S/C21H27NO3S3/c23-22-28(24,25)16-8-7-13-21(27-18-20-11-5-2-6-12-20)14-15-26-17-19-9-3-1-4-10-19/h1-6,9-12,21H,7-8,13-18H2. The van der Waals surface area contributed by atoms with E-state index >= 15 is 0 Å². The topological polar surface area (TPSA) is 63.6 Å². The number of nitroso groups, excluding NO2 is 1. The first-order valence-electron chi connectivity index (χ1n) is 9.43. The lowest BCUT2D eigenvalue weighted by Gasteiger charge is -2.16. The molecule has 0 aliphatic heterocycles. The Balaban J connectivity index is 1.76. The van der Waals surface area contributed by atoms with Gasteiger partial charge in [-0.05, 0) is 36.1 Å². The van der Waals surface area contributed by atoms with Crippen molar-refractivity contribution in [1.29, 1.82) is 0 Å². The first-order valence-corrected chi connectivity index (χ1v) is 13.2. The van der Waals surface area contributed by atoms with Crippen molar-refractivity contribution in [2.24, 2.45) is 4.58 Å². The number of unbranched alkanes of at least 4 members (excludes halogenated alkanes) is 1. The van der Waals surface area contributed by atoms with Gasteiger partial charge in [0.1, 0.15) is 0 Å². The molecule has 2 rings (SSSR count). The van der Waals surface area contributed by atoms with Crippen LogP contribution in [0.25, 0.3) is 0 Å². The van der Waals surface area contributed by atoms with Crippen LogP contribution in [0.4, 0.5) is 0 Å². The third-order valence-electron chi connectivity index (χ3n) is 4.32. The highest BCUT2D eigenvalue weighted by atomic mass is 32.2. The van der Waals surface area contributed by atoms with Crippen molar-refractivity contribution in [3.63, 3.8) is 0 Å². The summed E-state index contributed by atoms with van der Waals surface area (Å²) in [6, 6.07) is 20.9. The highest BCUT2D eigenvalue weighted by molar-refractivity contribution is 7.99. The smallest absolute Gasteiger partial charge is 0.202 e. The molecule has 7 heteroatoms. The lowest BCUT2D eigenvalue weighted by molar-refractivity contribution is 0.589. The number of rotatable bonds is 14. The van der Waals surface area contributed by atoms with Crippen molar-refractivity contribution in [1.82, 2.24) is 0 Å². The van der Waals surface area contributed by atoms with Crippen LogP contribution in [-0.2, 0) is 21.5 Å². The van der Waals surface area contributed by atoms with Crippen LogP contribution in [0, 0.1) is 4.91 Å². The summed E-state index contributed by atoms with van der Waals surface area (Å²) in [5.41, 5.74) is 2.65. The molecule has 28 heavy (non-hydrogen) atoms. The fraction of sp³-hybridized carbons (Fsp3) is 0.429. The second-order valence-corrected chi connectivity index (χ2v) is 10.7. The summed E-state index contributed by atoms with van der Waals surface area (Å²) in [6.07, 6.45) is 3.34. The number of sulfonamides is 1. The van der Waals surface area contributed by atoms with Gasteiger partial charge in [0.15, 0.2) is 0 Å². The van der Waals surface area contributed by atoms with E-state index in [1.807, 2.05) is 35.7 Å². The molecule has 0 saturated carbocycles. The Kier molecular flexibility index (Phi) is 10.7. The van der Waals surface area contributed by atoms with Crippen molar-refractivity contribution in [2.75, 3.05) is 11.5 Å². The minimum atomic E-state index is -3.77. The van der Waals surface area contributed by atoms with E-state index in [-0.39, 0.29) is 5.75 Å². The highest BCUT2D eigenvalue weighted by Gasteiger charge is 2.13. The lowest BCUT2D eigenvalue weighted by Crippen LogP contribution is -2.07. The molecule has 0 fully saturated rings. The summed E-state index contributed by atoms with van der Waals surface area (Å²) in [6.45, 7) is 0. The van der Waals surface area contributed by atoms with Crippen molar-refractivity contribution in [3.05, 3.63) is 76.7 Å². The number of thioether (sulfide) groups is 2. The van der Waals surface area contributed by atoms with E-state index in [1.165, 1.54) is 11.1 Å². The quantitative estimate of drug-likeness (QED) is 0.273. The molecule has 0 spiro atoms. The van der Waals surface area contributed by atoms with Gasteiger partial charge in [0.25, 0.3) is 10.0 Å². The first-order chi connectivity index (χ1) is 13.6. The monoisotopic (exact) mass is 437 g/mol. The van der Waals surface area contributed by atoms with Gasteiger partial charge in [-0.25, -0.2) is 8.42 Å². The molecule has 0 saturated heterocycles. The van der Waals surface area contributed by atoms with Crippen LogP contribution in [0.3, 0.4) is 0 Å². The molecule has 0 heterocycles. The number of nitrogens with zero attached hydrogens (tertiary/aromatic N) is 1. The van der Waals surface area contributed by atoms with Gasteiger partial charge >= 0.3 is 0 Å². The van der Waals surface area contributed by atoms with Gasteiger partial charge in [0.05, 0.1) is 10.3 Å². The van der Waals surface area contributed by atoms with Crippen molar-refractivity contribution >= 4 is 33.5 Å².